The second kappa shape index (κ2) is 11.5. The van der Waals surface area contributed by atoms with E-state index in [4.69, 9.17) is 0 Å². The number of non-ortho nitro benzene ring substituents is 1. The number of hydrogen-bond donors (Lipinski definition) is 1. The van der Waals surface area contributed by atoms with E-state index in [9.17, 15) is 20.2 Å². The summed E-state index contributed by atoms with van der Waals surface area (Å²) in [6, 6.07) is 3.61. The van der Waals surface area contributed by atoms with Gasteiger partial charge in [0, 0.05) is 6.07 Å². The van der Waals surface area contributed by atoms with Crippen molar-refractivity contribution in [3.63, 3.8) is 0 Å². The fourth-order valence-electron chi connectivity index (χ4n) is 9.77. The van der Waals surface area contributed by atoms with Crippen molar-refractivity contribution in [2.45, 2.75) is 98.8 Å². The molecule has 5 rings (SSSR count). The van der Waals surface area contributed by atoms with Gasteiger partial charge in [-0.1, -0.05) is 60.0 Å². The average Bonchev–Trinajstić information content (AvgIpc) is 3.28. The monoisotopic (exact) mass is 564 g/mol. The van der Waals surface area contributed by atoms with Crippen LogP contribution in [0.15, 0.2) is 35.5 Å². The van der Waals surface area contributed by atoms with Gasteiger partial charge in [0.05, 0.1) is 21.6 Å². The zero-order valence-corrected chi connectivity index (χ0v) is 25.5. The van der Waals surface area contributed by atoms with Gasteiger partial charge in [0.2, 0.25) is 0 Å². The van der Waals surface area contributed by atoms with Gasteiger partial charge >= 0.3 is 5.69 Å². The molecule has 224 valence electrons. The van der Waals surface area contributed by atoms with Crippen LogP contribution in [0.3, 0.4) is 0 Å². The summed E-state index contributed by atoms with van der Waals surface area (Å²) in [6.07, 6.45) is 17.4. The lowest BCUT2D eigenvalue weighted by molar-refractivity contribution is -0.393. The molecule has 3 fully saturated rings. The van der Waals surface area contributed by atoms with Gasteiger partial charge in [-0.3, -0.25) is 25.7 Å². The summed E-state index contributed by atoms with van der Waals surface area (Å²) in [5.41, 5.74) is 3.88. The summed E-state index contributed by atoms with van der Waals surface area (Å²) in [5.74, 6) is 5.33. The van der Waals surface area contributed by atoms with Gasteiger partial charge in [-0.15, -0.1) is 0 Å². The van der Waals surface area contributed by atoms with Gasteiger partial charge in [0.1, 0.15) is 5.69 Å². The molecule has 8 heteroatoms. The molecule has 3 saturated carbocycles. The Bertz CT molecular complexity index is 1230. The van der Waals surface area contributed by atoms with Crippen molar-refractivity contribution in [1.82, 2.24) is 0 Å². The molecular formula is C33H48N4O4. The van der Waals surface area contributed by atoms with Crippen molar-refractivity contribution in [3.05, 3.63) is 50.6 Å². The predicted octanol–water partition coefficient (Wildman–Crippen LogP) is 9.17. The third kappa shape index (κ3) is 5.55. The summed E-state index contributed by atoms with van der Waals surface area (Å²) in [4.78, 5) is 21.3. The fourth-order valence-corrected chi connectivity index (χ4v) is 9.77. The van der Waals surface area contributed by atoms with E-state index in [0.29, 0.717) is 17.3 Å². The zero-order valence-electron chi connectivity index (χ0n) is 25.5. The van der Waals surface area contributed by atoms with E-state index >= 15 is 0 Å². The van der Waals surface area contributed by atoms with Crippen LogP contribution in [0.5, 0.6) is 0 Å². The van der Waals surface area contributed by atoms with Crippen molar-refractivity contribution in [1.29, 1.82) is 0 Å². The van der Waals surface area contributed by atoms with E-state index in [0.717, 1.165) is 47.8 Å². The molecule has 1 aromatic carbocycles. The second-order valence-corrected chi connectivity index (χ2v) is 14.5. The summed E-state index contributed by atoms with van der Waals surface area (Å²) in [6.45, 7) is 12.3. The van der Waals surface area contributed by atoms with Gasteiger partial charge < -0.3 is 0 Å². The predicted molar refractivity (Wildman–Crippen MR) is 164 cm³/mol. The maximum Gasteiger partial charge on any atom is 0.301 e. The standard InChI is InChI=1S/C33H48N4O4/c1-21(2)7-6-8-22(3)27-12-13-28-26-11-9-23-19-24(15-17-32(23,4)29(26)16-18-33(27,28)5)34-35-30-14-10-25(36(38)39)20-31(30)37(40)41/h10,14-15,17,20-23,26-29,35H,6-9,11-13,16,18-19H2,1-5H3/b34-24-/t22-,23-,26+,27-,28+,29+,32+,33-/m1/s1. The maximum atomic E-state index is 11.5. The average molecular weight is 565 g/mol. The van der Waals surface area contributed by atoms with E-state index in [1.165, 1.54) is 69.9 Å². The Morgan fingerprint density at radius 2 is 1.78 bits per heavy atom. The Labute approximate surface area is 244 Å². The van der Waals surface area contributed by atoms with E-state index in [-0.39, 0.29) is 22.5 Å². The number of nitrogens with zero attached hydrogens (tertiary/aromatic N) is 3. The van der Waals surface area contributed by atoms with Crippen molar-refractivity contribution < 1.29 is 9.85 Å². The molecule has 1 aromatic rings. The van der Waals surface area contributed by atoms with Gasteiger partial charge in [-0.2, -0.15) is 5.10 Å². The molecule has 0 aromatic heterocycles. The third-order valence-corrected chi connectivity index (χ3v) is 12.0. The van der Waals surface area contributed by atoms with Crippen LogP contribution >= 0.6 is 0 Å². The smallest absolute Gasteiger partial charge is 0.271 e. The molecular weight excluding hydrogens is 516 g/mol. The molecule has 0 heterocycles. The normalized spacial score (nSPS) is 36.0. The van der Waals surface area contributed by atoms with Gasteiger partial charge in [0.25, 0.3) is 5.69 Å². The summed E-state index contributed by atoms with van der Waals surface area (Å²) in [5, 5.41) is 27.1. The van der Waals surface area contributed by atoms with Gasteiger partial charge in [-0.05, 0) is 109 Å². The number of anilines is 1. The van der Waals surface area contributed by atoms with Gasteiger partial charge in [-0.25, -0.2) is 0 Å². The Kier molecular flexibility index (Phi) is 8.32. The quantitative estimate of drug-likeness (QED) is 0.237. The van der Waals surface area contributed by atoms with E-state index < -0.39 is 9.85 Å². The molecule has 0 unspecified atom stereocenters. The lowest BCUT2D eigenvalue weighted by Crippen LogP contribution is -2.52. The highest BCUT2D eigenvalue weighted by Gasteiger charge is 2.59. The number of nitro groups is 2. The number of hydrazone groups is 1. The Morgan fingerprint density at radius 3 is 2.49 bits per heavy atom. The number of hydrogen-bond acceptors (Lipinski definition) is 6. The number of fused-ring (bicyclic) bond motifs is 5. The van der Waals surface area contributed by atoms with Crippen molar-refractivity contribution in [2.24, 2.45) is 57.4 Å². The van der Waals surface area contributed by atoms with Crippen LogP contribution in [-0.4, -0.2) is 15.6 Å². The molecule has 1 N–H and O–H groups in total. The largest absolute Gasteiger partial charge is 0.301 e. The Hall–Kier alpha value is -2.77. The molecule has 41 heavy (non-hydrogen) atoms. The van der Waals surface area contributed by atoms with Crippen molar-refractivity contribution in [3.8, 4) is 0 Å². The summed E-state index contributed by atoms with van der Waals surface area (Å²) >= 11 is 0. The molecule has 0 radical (unpaired) electrons. The number of nitro benzene ring substituents is 2. The molecule has 0 saturated heterocycles. The number of allylic oxidation sites excluding steroid dienone is 2. The summed E-state index contributed by atoms with van der Waals surface area (Å²) in [7, 11) is 0. The van der Waals surface area contributed by atoms with Gasteiger partial charge in [0.15, 0.2) is 0 Å². The minimum absolute atomic E-state index is 0.156. The highest BCUT2D eigenvalue weighted by Crippen LogP contribution is 2.67. The molecule has 0 amide bonds. The van der Waals surface area contributed by atoms with Crippen LogP contribution in [0.25, 0.3) is 0 Å². The van der Waals surface area contributed by atoms with E-state index in [1.54, 1.807) is 0 Å². The molecule has 0 bridgehead atoms. The first-order valence-corrected chi connectivity index (χ1v) is 15.9. The first kappa shape index (κ1) is 29.7. The van der Waals surface area contributed by atoms with Crippen molar-refractivity contribution >= 4 is 22.8 Å². The highest BCUT2D eigenvalue weighted by atomic mass is 16.6. The van der Waals surface area contributed by atoms with Crippen LogP contribution in [0.4, 0.5) is 17.1 Å². The molecule has 0 spiro atoms. The van der Waals surface area contributed by atoms with E-state index in [2.05, 4.69) is 57.3 Å². The first-order chi connectivity index (χ1) is 19.4. The highest BCUT2D eigenvalue weighted by molar-refractivity contribution is 5.96. The second-order valence-electron chi connectivity index (χ2n) is 14.5. The number of benzene rings is 1. The van der Waals surface area contributed by atoms with E-state index in [1.807, 2.05) is 0 Å². The number of nitrogens with one attached hydrogen (secondary N) is 1. The number of rotatable bonds is 9. The molecule has 8 atom stereocenters. The lowest BCUT2D eigenvalue weighted by Gasteiger charge is -2.59. The summed E-state index contributed by atoms with van der Waals surface area (Å²) < 4.78 is 0. The molecule has 8 nitrogen and oxygen atoms in total. The van der Waals surface area contributed by atoms with Crippen LogP contribution in [0.2, 0.25) is 0 Å². The van der Waals surface area contributed by atoms with Crippen LogP contribution in [0.1, 0.15) is 98.8 Å². The van der Waals surface area contributed by atoms with Crippen molar-refractivity contribution in [2.75, 3.05) is 5.43 Å². The molecule has 4 aliphatic rings. The Balaban J connectivity index is 1.28. The SMILES string of the molecule is CC(C)CCC[C@@H](C)[C@H]1CC[C@H]2[C@@H]3CC[C@@H]4C/C(=N\Nc5ccc([N+](=O)[O-])cc5[N+](=O)[O-])C=C[C@]4(C)[C@H]3CC[C@]12C. The minimum Gasteiger partial charge on any atom is -0.271 e. The zero-order chi connectivity index (χ0) is 29.5. The fraction of sp³-hybridized carbons (Fsp3) is 0.727. The molecule has 0 aliphatic heterocycles. The third-order valence-electron chi connectivity index (χ3n) is 12.0. The Morgan fingerprint density at radius 1 is 1.00 bits per heavy atom. The maximum absolute atomic E-state index is 11.5. The van der Waals surface area contributed by atoms with Crippen LogP contribution in [-0.2, 0) is 0 Å². The van der Waals surface area contributed by atoms with Crippen LogP contribution in [0, 0.1) is 72.5 Å². The first-order valence-electron chi connectivity index (χ1n) is 15.9. The van der Waals surface area contributed by atoms with Crippen LogP contribution < -0.4 is 5.43 Å². The minimum atomic E-state index is -0.627. The topological polar surface area (TPSA) is 111 Å². The molecule has 4 aliphatic carbocycles. The lowest BCUT2D eigenvalue weighted by atomic mass is 9.45.